The molecule has 4 aliphatic carbocycles. The summed E-state index contributed by atoms with van der Waals surface area (Å²) >= 11 is 0. The molecule has 1 amide bonds. The number of alkyl halides is 4. The van der Waals surface area contributed by atoms with Crippen molar-refractivity contribution in [2.75, 3.05) is 0 Å². The molecule has 9 heteroatoms. The van der Waals surface area contributed by atoms with Crippen LogP contribution in [0.3, 0.4) is 0 Å². The molecule has 4 saturated carbocycles. The largest absolute Gasteiger partial charge is 0.454 e. The SMILES string of the molecule is CCC(NC(=O)c1ccc(Cn2nc(C(F)F)cc2C(F)F)o1)C12CC3CC(CC(C3)C1)C2. The van der Waals surface area contributed by atoms with Gasteiger partial charge in [-0.15, -0.1) is 0 Å². The highest BCUT2D eigenvalue weighted by Gasteiger charge is 2.54. The van der Waals surface area contributed by atoms with Gasteiger partial charge in [0.15, 0.2) is 5.76 Å². The van der Waals surface area contributed by atoms with Gasteiger partial charge in [-0.25, -0.2) is 17.6 Å². The predicted molar refractivity (Wildman–Crippen MR) is 112 cm³/mol. The van der Waals surface area contributed by atoms with Crippen LogP contribution in [0, 0.1) is 23.2 Å². The molecule has 33 heavy (non-hydrogen) atoms. The van der Waals surface area contributed by atoms with Crippen LogP contribution in [0.5, 0.6) is 0 Å². The fraction of sp³-hybridized carbons (Fsp3) is 0.667. The van der Waals surface area contributed by atoms with Crippen molar-refractivity contribution in [1.29, 1.82) is 0 Å². The Kier molecular flexibility index (Phi) is 5.77. The summed E-state index contributed by atoms with van der Waals surface area (Å²) in [5.41, 5.74) is -1.17. The third-order valence-electron chi connectivity index (χ3n) is 8.01. The second-order valence-electron chi connectivity index (χ2n) is 10.2. The first-order chi connectivity index (χ1) is 15.8. The second kappa shape index (κ2) is 8.47. The maximum atomic E-state index is 13.2. The standard InChI is InChI=1S/C24H29F4N3O2/c1-2-20(24-9-13-5-14(10-24)7-15(6-13)11-24)29-23(32)19-4-3-16(33-19)12-31-18(22(27)28)8-17(30-31)21(25)26/h3-4,8,13-15,20-22H,2,5-7,9-12H2,1H3,(H,29,32). The quantitative estimate of drug-likeness (QED) is 0.476. The molecule has 0 aromatic carbocycles. The highest BCUT2D eigenvalue weighted by atomic mass is 19.3. The summed E-state index contributed by atoms with van der Waals surface area (Å²) in [4.78, 5) is 13.0. The average molecular weight is 468 g/mol. The van der Waals surface area contributed by atoms with Crippen LogP contribution in [-0.2, 0) is 6.54 Å². The van der Waals surface area contributed by atoms with E-state index in [4.69, 9.17) is 4.42 Å². The number of carbonyl (C=O) groups is 1. The molecule has 1 N–H and O–H groups in total. The van der Waals surface area contributed by atoms with Crippen LogP contribution in [0.4, 0.5) is 17.6 Å². The van der Waals surface area contributed by atoms with E-state index in [9.17, 15) is 22.4 Å². The molecular formula is C24H29F4N3O2. The lowest BCUT2D eigenvalue weighted by atomic mass is 9.47. The summed E-state index contributed by atoms with van der Waals surface area (Å²) in [7, 11) is 0. The fourth-order valence-electron chi connectivity index (χ4n) is 7.12. The van der Waals surface area contributed by atoms with Crippen LogP contribution in [-0.4, -0.2) is 21.7 Å². The third-order valence-corrected chi connectivity index (χ3v) is 8.01. The predicted octanol–water partition coefficient (Wildman–Crippen LogP) is 6.12. The van der Waals surface area contributed by atoms with Gasteiger partial charge in [0.25, 0.3) is 18.8 Å². The zero-order chi connectivity index (χ0) is 23.3. The van der Waals surface area contributed by atoms with E-state index in [1.54, 1.807) is 0 Å². The van der Waals surface area contributed by atoms with Crippen molar-refractivity contribution < 1.29 is 26.8 Å². The fourth-order valence-corrected chi connectivity index (χ4v) is 7.12. The van der Waals surface area contributed by atoms with Gasteiger partial charge in [0.05, 0.1) is 6.54 Å². The minimum absolute atomic E-state index is 0.0668. The number of rotatable bonds is 8. The molecule has 1 unspecified atom stereocenters. The molecule has 2 heterocycles. The number of furan rings is 1. The van der Waals surface area contributed by atoms with Gasteiger partial charge in [-0.3, -0.25) is 9.48 Å². The van der Waals surface area contributed by atoms with E-state index in [0.717, 1.165) is 28.9 Å². The normalized spacial score (nSPS) is 29.2. The lowest BCUT2D eigenvalue weighted by Gasteiger charge is -2.59. The van der Waals surface area contributed by atoms with E-state index in [2.05, 4.69) is 17.3 Å². The molecule has 0 saturated heterocycles. The van der Waals surface area contributed by atoms with Gasteiger partial charge < -0.3 is 9.73 Å². The minimum Gasteiger partial charge on any atom is -0.454 e. The molecule has 180 valence electrons. The topological polar surface area (TPSA) is 60.1 Å². The summed E-state index contributed by atoms with van der Waals surface area (Å²) in [5.74, 6) is 2.28. The maximum Gasteiger partial charge on any atom is 0.287 e. The zero-order valence-corrected chi connectivity index (χ0v) is 18.6. The van der Waals surface area contributed by atoms with Crippen LogP contribution >= 0.6 is 0 Å². The Bertz CT molecular complexity index is 980. The summed E-state index contributed by atoms with van der Waals surface area (Å²) in [6, 6.07) is 3.76. The van der Waals surface area contributed by atoms with E-state index in [1.165, 1.54) is 50.7 Å². The number of amides is 1. The molecule has 4 aliphatic rings. The van der Waals surface area contributed by atoms with Gasteiger partial charge in [-0.2, -0.15) is 5.10 Å². The van der Waals surface area contributed by atoms with E-state index < -0.39 is 24.2 Å². The number of carbonyl (C=O) groups excluding carboxylic acids is 1. The van der Waals surface area contributed by atoms with Crippen molar-refractivity contribution >= 4 is 5.91 Å². The van der Waals surface area contributed by atoms with E-state index in [-0.39, 0.29) is 35.4 Å². The molecule has 0 aliphatic heterocycles. The number of halogens is 4. The highest BCUT2D eigenvalue weighted by Crippen LogP contribution is 2.61. The lowest BCUT2D eigenvalue weighted by Crippen LogP contribution is -2.56. The van der Waals surface area contributed by atoms with Crippen LogP contribution < -0.4 is 5.32 Å². The number of hydrogen-bond acceptors (Lipinski definition) is 3. The monoisotopic (exact) mass is 467 g/mol. The molecule has 2 aromatic rings. The molecule has 5 nitrogen and oxygen atoms in total. The maximum absolute atomic E-state index is 13.2. The molecular weight excluding hydrogens is 438 g/mol. The highest BCUT2D eigenvalue weighted by molar-refractivity contribution is 5.91. The van der Waals surface area contributed by atoms with Crippen molar-refractivity contribution in [2.45, 2.75) is 77.3 Å². The molecule has 4 fully saturated rings. The molecule has 6 rings (SSSR count). The first kappa shape index (κ1) is 22.5. The molecule has 4 bridgehead atoms. The van der Waals surface area contributed by atoms with Gasteiger partial charge in [-0.1, -0.05) is 6.92 Å². The van der Waals surface area contributed by atoms with Gasteiger partial charge in [-0.05, 0) is 86.3 Å². The molecule has 2 aromatic heterocycles. The van der Waals surface area contributed by atoms with Crippen molar-refractivity contribution in [1.82, 2.24) is 15.1 Å². The second-order valence-corrected chi connectivity index (χ2v) is 10.2. The number of nitrogens with zero attached hydrogens (tertiary/aromatic N) is 2. The van der Waals surface area contributed by atoms with E-state index in [0.29, 0.717) is 6.07 Å². The first-order valence-electron chi connectivity index (χ1n) is 11.8. The Morgan fingerprint density at radius 1 is 1.12 bits per heavy atom. The number of aromatic nitrogens is 2. The Labute approximate surface area is 189 Å². The molecule has 0 spiro atoms. The summed E-state index contributed by atoms with van der Waals surface area (Å²) in [5, 5.41) is 6.77. The average Bonchev–Trinajstić information content (AvgIpc) is 3.38. The summed E-state index contributed by atoms with van der Waals surface area (Å²) < 4.78 is 58.7. The molecule has 1 atom stereocenters. The summed E-state index contributed by atoms with van der Waals surface area (Å²) in [6.07, 6.45) is 2.43. The Morgan fingerprint density at radius 3 is 2.30 bits per heavy atom. The van der Waals surface area contributed by atoms with E-state index >= 15 is 0 Å². The van der Waals surface area contributed by atoms with Crippen LogP contribution in [0.1, 0.15) is 92.4 Å². The number of hydrogen-bond donors (Lipinski definition) is 1. The van der Waals surface area contributed by atoms with Gasteiger partial charge >= 0.3 is 0 Å². The Hall–Kier alpha value is -2.32. The van der Waals surface area contributed by atoms with Crippen molar-refractivity contribution in [3.8, 4) is 0 Å². The number of nitrogens with one attached hydrogen (secondary N) is 1. The Balaban J connectivity index is 1.29. The van der Waals surface area contributed by atoms with Gasteiger partial charge in [0.2, 0.25) is 0 Å². The smallest absolute Gasteiger partial charge is 0.287 e. The van der Waals surface area contributed by atoms with Crippen molar-refractivity contribution in [3.05, 3.63) is 41.1 Å². The Morgan fingerprint density at radius 2 is 1.76 bits per heavy atom. The van der Waals surface area contributed by atoms with Gasteiger partial charge in [0.1, 0.15) is 17.1 Å². The first-order valence-corrected chi connectivity index (χ1v) is 11.8. The van der Waals surface area contributed by atoms with Crippen molar-refractivity contribution in [2.24, 2.45) is 23.2 Å². The van der Waals surface area contributed by atoms with E-state index in [1.807, 2.05) is 0 Å². The minimum atomic E-state index is -2.95. The lowest BCUT2D eigenvalue weighted by molar-refractivity contribution is -0.0728. The van der Waals surface area contributed by atoms with Gasteiger partial charge in [0, 0.05) is 6.04 Å². The third kappa shape index (κ3) is 4.19. The zero-order valence-electron chi connectivity index (χ0n) is 18.6. The van der Waals surface area contributed by atoms with Crippen LogP contribution in [0.15, 0.2) is 22.6 Å². The van der Waals surface area contributed by atoms with Crippen LogP contribution in [0.25, 0.3) is 0 Å². The van der Waals surface area contributed by atoms with Crippen molar-refractivity contribution in [3.63, 3.8) is 0 Å². The van der Waals surface area contributed by atoms with Crippen LogP contribution in [0.2, 0.25) is 0 Å². The summed E-state index contributed by atoms with van der Waals surface area (Å²) in [6.45, 7) is 1.84. The molecule has 0 radical (unpaired) electrons.